The summed E-state index contributed by atoms with van der Waals surface area (Å²) in [6.45, 7) is 2.64. The van der Waals surface area contributed by atoms with E-state index in [2.05, 4.69) is 19.6 Å². The molecule has 0 rings (SSSR count). The van der Waals surface area contributed by atoms with E-state index in [1.807, 2.05) is 0 Å². The van der Waals surface area contributed by atoms with Gasteiger partial charge in [0.25, 0.3) is 0 Å². The fourth-order valence-electron chi connectivity index (χ4n) is 0.580. The van der Waals surface area contributed by atoms with Gasteiger partial charge in [0.1, 0.15) is 5.75 Å². The summed E-state index contributed by atoms with van der Waals surface area (Å²) in [7, 11) is 0. The van der Waals surface area contributed by atoms with Crippen molar-refractivity contribution in [1.29, 1.82) is 0 Å². The largest absolute Gasteiger partial charge is 0.465 e. The normalized spacial score (nSPS) is 9.40. The number of unbranched alkanes of at least 4 members (excludes halogenated alkanes) is 2. The average molecular weight is 161 g/mol. The minimum Gasteiger partial charge on any atom is -0.465 e. The molecule has 0 amide bonds. The number of carbonyl (C=O) groups is 1. The highest BCUT2D eigenvalue weighted by atomic mass is 32.1. The standard InChI is InChI=1S/C7H13O2S/c1-2-3-4-5-9-7(8)6-10/h2-6H2,1H3. The summed E-state index contributed by atoms with van der Waals surface area (Å²) < 4.78 is 4.75. The average Bonchev–Trinajstić information content (AvgIpc) is 1.98. The highest BCUT2D eigenvalue weighted by Gasteiger charge is 1.96. The highest BCUT2D eigenvalue weighted by molar-refractivity contribution is 7.81. The third kappa shape index (κ3) is 5.95. The molecule has 0 saturated carbocycles. The Hall–Kier alpha value is -0.180. The van der Waals surface area contributed by atoms with Gasteiger partial charge < -0.3 is 4.74 Å². The molecule has 3 heteroatoms. The molecule has 0 saturated heterocycles. The number of esters is 1. The Bertz CT molecular complexity index is 93.6. The lowest BCUT2D eigenvalue weighted by Gasteiger charge is -1.99. The molecule has 0 bridgehead atoms. The van der Waals surface area contributed by atoms with Crippen molar-refractivity contribution in [2.75, 3.05) is 12.4 Å². The molecule has 0 unspecified atom stereocenters. The van der Waals surface area contributed by atoms with Crippen LogP contribution in [0, 0.1) is 0 Å². The maximum absolute atomic E-state index is 10.4. The first-order chi connectivity index (χ1) is 4.81. The molecule has 10 heavy (non-hydrogen) atoms. The van der Waals surface area contributed by atoms with Gasteiger partial charge in [-0.25, -0.2) is 0 Å². The Morgan fingerprint density at radius 1 is 1.50 bits per heavy atom. The number of carbonyl (C=O) groups excluding carboxylic acids is 1. The van der Waals surface area contributed by atoms with E-state index in [0.717, 1.165) is 19.3 Å². The number of hydrogen-bond donors (Lipinski definition) is 0. The van der Waals surface area contributed by atoms with E-state index in [-0.39, 0.29) is 11.7 Å². The predicted molar refractivity (Wildman–Crippen MR) is 42.9 cm³/mol. The molecule has 0 aliphatic heterocycles. The van der Waals surface area contributed by atoms with Gasteiger partial charge in [-0.1, -0.05) is 32.4 Å². The van der Waals surface area contributed by atoms with E-state index in [0.29, 0.717) is 6.61 Å². The molecule has 0 spiro atoms. The maximum Gasteiger partial charge on any atom is 0.316 e. The lowest BCUT2D eigenvalue weighted by Crippen LogP contribution is -2.06. The molecule has 2 nitrogen and oxygen atoms in total. The smallest absolute Gasteiger partial charge is 0.316 e. The minimum absolute atomic E-state index is 0.0755. The highest BCUT2D eigenvalue weighted by Crippen LogP contribution is 1.94. The zero-order valence-corrected chi connectivity index (χ0v) is 7.08. The van der Waals surface area contributed by atoms with Crippen LogP contribution in [-0.4, -0.2) is 18.3 Å². The van der Waals surface area contributed by atoms with E-state index in [1.54, 1.807) is 0 Å². The molecular formula is C7H13O2S. The van der Waals surface area contributed by atoms with Crippen molar-refractivity contribution in [2.45, 2.75) is 26.2 Å². The molecule has 59 valence electrons. The second-order valence-electron chi connectivity index (χ2n) is 2.07. The van der Waals surface area contributed by atoms with Crippen molar-refractivity contribution in [3.63, 3.8) is 0 Å². The summed E-state index contributed by atoms with van der Waals surface area (Å²) in [6, 6.07) is 0. The minimum atomic E-state index is -0.272. The summed E-state index contributed by atoms with van der Waals surface area (Å²) in [5, 5.41) is 0. The lowest BCUT2D eigenvalue weighted by atomic mass is 10.3. The Labute approximate surface area is 67.4 Å². The summed E-state index contributed by atoms with van der Waals surface area (Å²) in [4.78, 5) is 10.4. The van der Waals surface area contributed by atoms with Gasteiger partial charge in [0, 0.05) is 0 Å². The van der Waals surface area contributed by atoms with Crippen LogP contribution in [0.5, 0.6) is 0 Å². The zero-order valence-electron chi connectivity index (χ0n) is 6.26. The van der Waals surface area contributed by atoms with Gasteiger partial charge in [-0.05, 0) is 6.42 Å². The Morgan fingerprint density at radius 3 is 2.70 bits per heavy atom. The first-order valence-electron chi connectivity index (χ1n) is 3.55. The van der Waals surface area contributed by atoms with Crippen LogP contribution in [-0.2, 0) is 9.53 Å². The Balaban J connectivity index is 2.96. The summed E-state index contributed by atoms with van der Waals surface area (Å²) in [5.41, 5.74) is 0. The molecular weight excluding hydrogens is 148 g/mol. The molecule has 0 aromatic carbocycles. The van der Waals surface area contributed by atoms with Crippen LogP contribution >= 0.6 is 12.6 Å². The molecule has 0 aromatic heterocycles. The van der Waals surface area contributed by atoms with Crippen LogP contribution in [0.3, 0.4) is 0 Å². The maximum atomic E-state index is 10.4. The van der Waals surface area contributed by atoms with E-state index >= 15 is 0 Å². The quantitative estimate of drug-likeness (QED) is 0.455. The van der Waals surface area contributed by atoms with Crippen LogP contribution in [0.2, 0.25) is 0 Å². The third-order valence-electron chi connectivity index (χ3n) is 1.13. The van der Waals surface area contributed by atoms with Crippen LogP contribution < -0.4 is 0 Å². The van der Waals surface area contributed by atoms with Gasteiger partial charge in [0.15, 0.2) is 0 Å². The van der Waals surface area contributed by atoms with Gasteiger partial charge in [0.2, 0.25) is 0 Å². The summed E-state index contributed by atoms with van der Waals surface area (Å²) in [6.07, 6.45) is 3.22. The molecule has 1 radical (unpaired) electrons. The molecule has 0 heterocycles. The van der Waals surface area contributed by atoms with Gasteiger partial charge in [-0.15, -0.1) is 0 Å². The van der Waals surface area contributed by atoms with E-state index < -0.39 is 0 Å². The van der Waals surface area contributed by atoms with Crippen LogP contribution in [0.25, 0.3) is 0 Å². The Morgan fingerprint density at radius 2 is 2.20 bits per heavy atom. The topological polar surface area (TPSA) is 26.3 Å². The van der Waals surface area contributed by atoms with Crippen molar-refractivity contribution < 1.29 is 9.53 Å². The number of rotatable bonds is 5. The van der Waals surface area contributed by atoms with Crippen molar-refractivity contribution >= 4 is 18.6 Å². The first kappa shape index (κ1) is 9.82. The third-order valence-corrected chi connectivity index (χ3v) is 1.36. The van der Waals surface area contributed by atoms with Crippen molar-refractivity contribution in [2.24, 2.45) is 0 Å². The summed E-state index contributed by atoms with van der Waals surface area (Å²) >= 11 is 4.48. The molecule has 0 aliphatic carbocycles. The van der Waals surface area contributed by atoms with Crippen LogP contribution in [0.4, 0.5) is 0 Å². The zero-order chi connectivity index (χ0) is 7.82. The second kappa shape index (κ2) is 6.93. The van der Waals surface area contributed by atoms with Crippen molar-refractivity contribution in [3.8, 4) is 0 Å². The monoisotopic (exact) mass is 161 g/mol. The van der Waals surface area contributed by atoms with Crippen LogP contribution in [0.15, 0.2) is 0 Å². The van der Waals surface area contributed by atoms with E-state index in [1.165, 1.54) is 0 Å². The molecule has 0 aliphatic rings. The van der Waals surface area contributed by atoms with Gasteiger partial charge in [0.05, 0.1) is 6.61 Å². The fraction of sp³-hybridized carbons (Fsp3) is 0.857. The SMILES string of the molecule is CCCCCOC(=O)C[S]. The van der Waals surface area contributed by atoms with E-state index in [9.17, 15) is 4.79 Å². The van der Waals surface area contributed by atoms with Gasteiger partial charge in [-0.2, -0.15) is 0 Å². The second-order valence-corrected chi connectivity index (χ2v) is 2.36. The van der Waals surface area contributed by atoms with Crippen LogP contribution in [0.1, 0.15) is 26.2 Å². The van der Waals surface area contributed by atoms with E-state index in [4.69, 9.17) is 4.74 Å². The van der Waals surface area contributed by atoms with Gasteiger partial charge >= 0.3 is 5.97 Å². The molecule has 0 aromatic rings. The molecule has 0 atom stereocenters. The molecule has 0 N–H and O–H groups in total. The fourth-order valence-corrected chi connectivity index (χ4v) is 0.663. The first-order valence-corrected chi connectivity index (χ1v) is 4.12. The van der Waals surface area contributed by atoms with Crippen molar-refractivity contribution in [3.05, 3.63) is 0 Å². The summed E-state index contributed by atoms with van der Waals surface area (Å²) in [5.74, 6) is -0.197. The number of hydrogen-bond acceptors (Lipinski definition) is 2. The predicted octanol–water partition coefficient (Wildman–Crippen LogP) is 1.92. The Kier molecular flexibility index (Phi) is 6.81. The number of ether oxygens (including phenoxy) is 1. The van der Waals surface area contributed by atoms with Gasteiger partial charge in [-0.3, -0.25) is 4.79 Å². The lowest BCUT2D eigenvalue weighted by molar-refractivity contribution is -0.140. The molecule has 0 fully saturated rings. The van der Waals surface area contributed by atoms with Crippen molar-refractivity contribution in [1.82, 2.24) is 0 Å².